The van der Waals surface area contributed by atoms with Crippen molar-refractivity contribution in [3.8, 4) is 11.5 Å². The molecule has 0 bridgehead atoms. The van der Waals surface area contributed by atoms with Gasteiger partial charge in [0.2, 0.25) is 6.79 Å². The van der Waals surface area contributed by atoms with E-state index >= 15 is 0 Å². The van der Waals surface area contributed by atoms with Gasteiger partial charge in [0, 0.05) is 0 Å². The standard InChI is InChI=1S/C23H26O5/c1-5-26-22(25)21(16-8-11-19-20(12-16)28-14-27-19)18(13-24)15-6-9-17(10-7-15)23(2,3)4/h6-13,18,21H,5,14H2,1-4H3. The number of aldehydes is 1. The fraction of sp³-hybridized carbons (Fsp3) is 0.391. The highest BCUT2D eigenvalue weighted by Gasteiger charge is 2.33. The molecule has 2 aromatic rings. The van der Waals surface area contributed by atoms with Gasteiger partial charge in [-0.25, -0.2) is 0 Å². The molecule has 0 aromatic heterocycles. The summed E-state index contributed by atoms with van der Waals surface area (Å²) >= 11 is 0. The number of ether oxygens (including phenoxy) is 3. The smallest absolute Gasteiger partial charge is 0.314 e. The zero-order chi connectivity index (χ0) is 20.3. The molecule has 148 valence electrons. The highest BCUT2D eigenvalue weighted by molar-refractivity contribution is 5.85. The van der Waals surface area contributed by atoms with Crippen LogP contribution in [0.4, 0.5) is 0 Å². The summed E-state index contributed by atoms with van der Waals surface area (Å²) in [5.41, 5.74) is 2.61. The second kappa shape index (κ2) is 8.05. The molecule has 1 aliphatic heterocycles. The summed E-state index contributed by atoms with van der Waals surface area (Å²) in [5.74, 6) is -0.651. The van der Waals surface area contributed by atoms with Crippen molar-refractivity contribution in [3.05, 3.63) is 59.2 Å². The highest BCUT2D eigenvalue weighted by atomic mass is 16.7. The number of carbonyl (C=O) groups is 2. The van der Waals surface area contributed by atoms with Gasteiger partial charge < -0.3 is 19.0 Å². The zero-order valence-electron chi connectivity index (χ0n) is 16.7. The summed E-state index contributed by atoms with van der Waals surface area (Å²) in [6.07, 6.45) is 0.818. The van der Waals surface area contributed by atoms with Gasteiger partial charge in [0.15, 0.2) is 11.5 Å². The van der Waals surface area contributed by atoms with E-state index in [1.807, 2.05) is 24.3 Å². The number of fused-ring (bicyclic) bond motifs is 1. The van der Waals surface area contributed by atoms with Gasteiger partial charge in [0.05, 0.1) is 18.4 Å². The first-order valence-corrected chi connectivity index (χ1v) is 9.47. The summed E-state index contributed by atoms with van der Waals surface area (Å²) in [7, 11) is 0. The Bertz CT molecular complexity index is 848. The molecular formula is C23H26O5. The molecule has 0 fully saturated rings. The molecule has 1 heterocycles. The van der Waals surface area contributed by atoms with E-state index < -0.39 is 17.8 Å². The van der Waals surface area contributed by atoms with Crippen LogP contribution in [0.5, 0.6) is 11.5 Å². The molecule has 0 spiro atoms. The van der Waals surface area contributed by atoms with Crippen molar-refractivity contribution in [2.24, 2.45) is 0 Å². The molecule has 0 saturated carbocycles. The topological polar surface area (TPSA) is 61.8 Å². The SMILES string of the molecule is CCOC(=O)C(c1ccc2c(c1)OCO2)C(C=O)c1ccc(C(C)(C)C)cc1. The Morgan fingerprint density at radius 2 is 1.71 bits per heavy atom. The van der Waals surface area contributed by atoms with Crippen molar-refractivity contribution in [3.63, 3.8) is 0 Å². The first-order chi connectivity index (χ1) is 13.3. The third-order valence-electron chi connectivity index (χ3n) is 4.96. The molecule has 0 amide bonds. The monoisotopic (exact) mass is 382 g/mol. The van der Waals surface area contributed by atoms with E-state index in [0.29, 0.717) is 17.1 Å². The van der Waals surface area contributed by atoms with E-state index in [9.17, 15) is 9.59 Å². The van der Waals surface area contributed by atoms with E-state index in [4.69, 9.17) is 14.2 Å². The van der Waals surface area contributed by atoms with Gasteiger partial charge in [-0.15, -0.1) is 0 Å². The van der Waals surface area contributed by atoms with Crippen molar-refractivity contribution in [1.29, 1.82) is 0 Å². The number of benzene rings is 2. The molecule has 3 rings (SSSR count). The van der Waals surface area contributed by atoms with E-state index in [0.717, 1.165) is 17.4 Å². The average molecular weight is 382 g/mol. The Kier molecular flexibility index (Phi) is 5.73. The van der Waals surface area contributed by atoms with Crippen LogP contribution in [0.15, 0.2) is 42.5 Å². The predicted molar refractivity (Wildman–Crippen MR) is 106 cm³/mol. The van der Waals surface area contributed by atoms with Crippen LogP contribution >= 0.6 is 0 Å². The van der Waals surface area contributed by atoms with Gasteiger partial charge in [0.25, 0.3) is 0 Å². The van der Waals surface area contributed by atoms with Crippen LogP contribution in [0.3, 0.4) is 0 Å². The van der Waals surface area contributed by atoms with Gasteiger partial charge >= 0.3 is 5.97 Å². The maximum absolute atomic E-state index is 12.8. The lowest BCUT2D eigenvalue weighted by Crippen LogP contribution is -2.24. The number of esters is 1. The second-order valence-corrected chi connectivity index (χ2v) is 7.88. The van der Waals surface area contributed by atoms with Crippen molar-refractivity contribution in [2.45, 2.75) is 44.9 Å². The Labute approximate surface area is 165 Å². The van der Waals surface area contributed by atoms with Crippen molar-refractivity contribution in [2.75, 3.05) is 13.4 Å². The van der Waals surface area contributed by atoms with Gasteiger partial charge in [-0.3, -0.25) is 4.79 Å². The number of carbonyl (C=O) groups excluding carboxylic acids is 2. The van der Waals surface area contributed by atoms with Gasteiger partial charge in [-0.05, 0) is 41.2 Å². The number of hydrogen-bond acceptors (Lipinski definition) is 5. The van der Waals surface area contributed by atoms with E-state index in [-0.39, 0.29) is 18.8 Å². The van der Waals surface area contributed by atoms with Crippen LogP contribution in [0.1, 0.15) is 56.2 Å². The first kappa shape index (κ1) is 19.9. The van der Waals surface area contributed by atoms with E-state index in [1.54, 1.807) is 25.1 Å². The molecule has 1 aliphatic rings. The molecule has 0 radical (unpaired) electrons. The Morgan fingerprint density at radius 1 is 1.07 bits per heavy atom. The predicted octanol–water partition coefficient (Wildman–Crippen LogP) is 4.34. The molecule has 0 saturated heterocycles. The lowest BCUT2D eigenvalue weighted by atomic mass is 9.80. The van der Waals surface area contributed by atoms with Crippen molar-refractivity contribution in [1.82, 2.24) is 0 Å². The molecular weight excluding hydrogens is 356 g/mol. The molecule has 28 heavy (non-hydrogen) atoms. The van der Waals surface area contributed by atoms with E-state index in [2.05, 4.69) is 20.8 Å². The summed E-state index contributed by atoms with van der Waals surface area (Å²) in [5, 5.41) is 0. The van der Waals surface area contributed by atoms with Crippen molar-refractivity contribution >= 4 is 12.3 Å². The van der Waals surface area contributed by atoms with Crippen LogP contribution in [-0.2, 0) is 19.7 Å². The molecule has 2 atom stereocenters. The molecule has 5 nitrogen and oxygen atoms in total. The lowest BCUT2D eigenvalue weighted by Gasteiger charge is -2.24. The fourth-order valence-corrected chi connectivity index (χ4v) is 3.38. The quantitative estimate of drug-likeness (QED) is 0.549. The molecule has 2 unspecified atom stereocenters. The summed E-state index contributed by atoms with van der Waals surface area (Å²) in [6.45, 7) is 8.54. The minimum atomic E-state index is -0.757. The zero-order valence-corrected chi connectivity index (χ0v) is 16.7. The van der Waals surface area contributed by atoms with Crippen LogP contribution in [0, 0.1) is 0 Å². The minimum absolute atomic E-state index is 0.00702. The minimum Gasteiger partial charge on any atom is -0.465 e. The van der Waals surface area contributed by atoms with Crippen LogP contribution in [-0.4, -0.2) is 25.7 Å². The average Bonchev–Trinajstić information content (AvgIpc) is 3.13. The first-order valence-electron chi connectivity index (χ1n) is 9.47. The second-order valence-electron chi connectivity index (χ2n) is 7.88. The molecule has 0 N–H and O–H groups in total. The highest BCUT2D eigenvalue weighted by Crippen LogP contribution is 2.39. The third kappa shape index (κ3) is 4.03. The lowest BCUT2D eigenvalue weighted by molar-refractivity contribution is -0.146. The third-order valence-corrected chi connectivity index (χ3v) is 4.96. The molecule has 2 aromatic carbocycles. The normalized spacial score (nSPS) is 15.0. The summed E-state index contributed by atoms with van der Waals surface area (Å²) in [6, 6.07) is 13.1. The van der Waals surface area contributed by atoms with Crippen LogP contribution in [0.25, 0.3) is 0 Å². The Balaban J connectivity index is 2.00. The maximum atomic E-state index is 12.8. The fourth-order valence-electron chi connectivity index (χ4n) is 3.38. The van der Waals surface area contributed by atoms with Gasteiger partial charge in [-0.1, -0.05) is 51.1 Å². The van der Waals surface area contributed by atoms with E-state index in [1.165, 1.54) is 0 Å². The van der Waals surface area contributed by atoms with Gasteiger partial charge in [0.1, 0.15) is 6.29 Å². The van der Waals surface area contributed by atoms with Crippen molar-refractivity contribution < 1.29 is 23.8 Å². The van der Waals surface area contributed by atoms with Gasteiger partial charge in [-0.2, -0.15) is 0 Å². The summed E-state index contributed by atoms with van der Waals surface area (Å²) in [4.78, 5) is 24.9. The van der Waals surface area contributed by atoms with Crippen LogP contribution in [0.2, 0.25) is 0 Å². The Morgan fingerprint density at radius 3 is 2.32 bits per heavy atom. The molecule has 5 heteroatoms. The molecule has 0 aliphatic carbocycles. The number of rotatable bonds is 6. The largest absolute Gasteiger partial charge is 0.465 e. The summed E-state index contributed by atoms with van der Waals surface area (Å²) < 4.78 is 16.1. The Hall–Kier alpha value is -2.82. The van der Waals surface area contributed by atoms with Crippen LogP contribution < -0.4 is 9.47 Å². The number of hydrogen-bond donors (Lipinski definition) is 0. The maximum Gasteiger partial charge on any atom is 0.314 e.